The molecular weight excluding hydrogens is 244 g/mol. The van der Waals surface area contributed by atoms with Crippen molar-refractivity contribution in [3.8, 4) is 0 Å². The average Bonchev–Trinajstić information content (AvgIpc) is 2.93. The van der Waals surface area contributed by atoms with Crippen molar-refractivity contribution >= 4 is 5.78 Å². The Morgan fingerprint density at radius 2 is 2.15 bits per heavy atom. The van der Waals surface area contributed by atoms with Crippen LogP contribution in [-0.4, -0.2) is 5.78 Å². The summed E-state index contributed by atoms with van der Waals surface area (Å²) in [6, 6.07) is 0. The second-order valence-electron chi connectivity index (χ2n) is 8.12. The van der Waals surface area contributed by atoms with E-state index in [1.165, 1.54) is 0 Å². The number of rotatable bonds is 0. The summed E-state index contributed by atoms with van der Waals surface area (Å²) in [7, 11) is 0. The Labute approximate surface area is 127 Å². The minimum absolute atomic E-state index is 0.264. The number of Topliss-reactive ketones (excluding diaryl/α,β-unsaturated/α-hetero) is 1. The topological polar surface area (TPSA) is 17.1 Å². The molecule has 0 aliphatic heterocycles. The Balaban J connectivity index is 1.66. The Morgan fingerprint density at radius 3 is 3.00 bits per heavy atom. The van der Waals surface area contributed by atoms with E-state index in [0.29, 0.717) is 29.5 Å². The first-order valence-corrected chi connectivity index (χ1v) is 8.47. The highest BCUT2D eigenvalue weighted by atomic mass is 16.1. The van der Waals surface area contributed by atoms with Gasteiger partial charge in [-0.2, -0.15) is 0 Å². The van der Waals surface area contributed by atoms with E-state index in [9.17, 15) is 4.79 Å². The smallest absolute Gasteiger partial charge is 0.133 e. The van der Waals surface area contributed by atoms with Crippen LogP contribution in [-0.2, 0) is 4.79 Å². The lowest BCUT2D eigenvalue weighted by atomic mass is 9.45. The van der Waals surface area contributed by atoms with Gasteiger partial charge in [-0.3, -0.25) is 4.79 Å². The molecule has 4 aliphatic carbocycles. The molecule has 4 rings (SSSR count). The number of hydrogen-bond acceptors (Lipinski definition) is 1. The molecule has 0 saturated heterocycles. The fourth-order valence-corrected chi connectivity index (χ4v) is 6.23. The highest BCUT2D eigenvalue weighted by Gasteiger charge is 2.56. The quantitative estimate of drug-likeness (QED) is 0.582. The van der Waals surface area contributed by atoms with E-state index in [0.717, 1.165) is 51.4 Å². The van der Waals surface area contributed by atoms with Gasteiger partial charge in [-0.05, 0) is 73.0 Å². The van der Waals surface area contributed by atoms with Crippen LogP contribution in [0.1, 0.15) is 69.3 Å². The van der Waals surface area contributed by atoms with Crippen molar-refractivity contribution in [2.75, 3.05) is 0 Å². The van der Waals surface area contributed by atoms with Gasteiger partial charge in [-0.25, -0.2) is 0 Å². The molecule has 3 saturated carbocycles. The molecule has 0 aromatic rings. The van der Waals surface area contributed by atoms with Crippen molar-refractivity contribution in [3.05, 3.63) is 12.2 Å². The fourth-order valence-electron chi connectivity index (χ4n) is 6.23. The predicted molar refractivity (Wildman–Crippen MR) is 81.3 cm³/mol. The van der Waals surface area contributed by atoms with Crippen molar-refractivity contribution in [3.63, 3.8) is 0 Å². The van der Waals surface area contributed by atoms with E-state index >= 15 is 0 Å². The molecule has 0 unspecified atom stereocenters. The Kier molecular flexibility index (Phi) is 2.14. The standard InChI is InChI=1S/C19H28O/c1-18-9-3-4-16(18)15-6-5-13-12-14(20)7-11-19(13,2)17(15)8-10-18/h3,9,13,15-17H,4-8,10-12H2,1-2H3/t13-,15-,16-,17-,18-,19-/m0/s1/i1D3. The highest BCUT2D eigenvalue weighted by molar-refractivity contribution is 5.79. The molecule has 0 radical (unpaired) electrons. The van der Waals surface area contributed by atoms with E-state index in [4.69, 9.17) is 4.11 Å². The minimum atomic E-state index is -1.88. The zero-order valence-electron chi connectivity index (χ0n) is 15.5. The van der Waals surface area contributed by atoms with Crippen LogP contribution in [0.4, 0.5) is 0 Å². The lowest BCUT2D eigenvalue weighted by molar-refractivity contribution is -0.136. The van der Waals surface area contributed by atoms with Gasteiger partial charge in [0.2, 0.25) is 0 Å². The zero-order valence-corrected chi connectivity index (χ0v) is 12.5. The van der Waals surface area contributed by atoms with Crippen LogP contribution >= 0.6 is 0 Å². The summed E-state index contributed by atoms with van der Waals surface area (Å²) in [5, 5.41) is 0. The third kappa shape index (κ3) is 1.64. The van der Waals surface area contributed by atoms with Gasteiger partial charge in [0.25, 0.3) is 0 Å². The summed E-state index contributed by atoms with van der Waals surface area (Å²) in [6.45, 7) is 0.529. The predicted octanol–water partition coefficient (Wildman–Crippen LogP) is 4.76. The molecule has 1 heteroatoms. The number of ketones is 1. The maximum atomic E-state index is 11.9. The molecule has 3 fully saturated rings. The van der Waals surface area contributed by atoms with E-state index < -0.39 is 12.3 Å². The molecule has 0 amide bonds. The summed E-state index contributed by atoms with van der Waals surface area (Å²) in [5.41, 5.74) is -0.303. The molecule has 110 valence electrons. The lowest BCUT2D eigenvalue weighted by Gasteiger charge is -2.59. The highest BCUT2D eigenvalue weighted by Crippen LogP contribution is 2.64. The maximum absolute atomic E-state index is 11.9. The first kappa shape index (κ1) is 10.2. The second-order valence-corrected chi connectivity index (χ2v) is 8.12. The van der Waals surface area contributed by atoms with Gasteiger partial charge < -0.3 is 0 Å². The van der Waals surface area contributed by atoms with Gasteiger partial charge in [0.15, 0.2) is 0 Å². The van der Waals surface area contributed by atoms with Crippen LogP contribution in [0.15, 0.2) is 12.2 Å². The molecule has 0 heterocycles. The molecule has 0 aromatic heterocycles. The van der Waals surface area contributed by atoms with Gasteiger partial charge in [0.05, 0.1) is 0 Å². The van der Waals surface area contributed by atoms with E-state index in [1.54, 1.807) is 0 Å². The van der Waals surface area contributed by atoms with Crippen LogP contribution in [0.5, 0.6) is 0 Å². The molecule has 4 aliphatic rings. The number of allylic oxidation sites excluding steroid dienone is 2. The molecule has 0 spiro atoms. The molecule has 1 nitrogen and oxygen atoms in total. The molecule has 0 bridgehead atoms. The van der Waals surface area contributed by atoms with Crippen molar-refractivity contribution < 1.29 is 8.91 Å². The number of carbonyl (C=O) groups is 1. The number of fused-ring (bicyclic) bond motifs is 5. The summed E-state index contributed by atoms with van der Waals surface area (Å²) in [4.78, 5) is 11.9. The van der Waals surface area contributed by atoms with Gasteiger partial charge in [0.1, 0.15) is 5.78 Å². The van der Waals surface area contributed by atoms with Gasteiger partial charge in [-0.15, -0.1) is 0 Å². The summed E-state index contributed by atoms with van der Waals surface area (Å²) >= 11 is 0. The largest absolute Gasteiger partial charge is 0.300 e. The van der Waals surface area contributed by atoms with Crippen molar-refractivity contribution in [1.29, 1.82) is 0 Å². The number of hydrogen-bond donors (Lipinski definition) is 0. The molecule has 0 N–H and O–H groups in total. The SMILES string of the molecule is [2H]C([2H])([2H])[C@@]12C=CC[C@H]1[C@@H]1CC[C@H]3CC(=O)CC[C@]3(C)[C@H]1CC2. The van der Waals surface area contributed by atoms with Gasteiger partial charge >= 0.3 is 0 Å². The molecule has 6 atom stereocenters. The van der Waals surface area contributed by atoms with Crippen molar-refractivity contribution in [1.82, 2.24) is 0 Å². The Bertz CT molecular complexity index is 551. The molecule has 20 heavy (non-hydrogen) atoms. The zero-order chi connectivity index (χ0) is 16.5. The third-order valence-electron chi connectivity index (χ3n) is 7.41. The van der Waals surface area contributed by atoms with Crippen LogP contribution in [0.25, 0.3) is 0 Å². The van der Waals surface area contributed by atoms with Crippen LogP contribution in [0, 0.1) is 34.5 Å². The fraction of sp³-hybridized carbons (Fsp3) is 0.842. The summed E-state index contributed by atoms with van der Waals surface area (Å²) in [6.07, 6.45) is 11.7. The lowest BCUT2D eigenvalue weighted by Crippen LogP contribution is -2.52. The summed E-state index contributed by atoms with van der Waals surface area (Å²) < 4.78 is 24.4. The van der Waals surface area contributed by atoms with E-state index in [-0.39, 0.29) is 5.41 Å². The van der Waals surface area contributed by atoms with Crippen LogP contribution in [0.2, 0.25) is 0 Å². The normalized spacial score (nSPS) is 57.0. The first-order chi connectivity index (χ1) is 10.8. The monoisotopic (exact) mass is 275 g/mol. The Hall–Kier alpha value is -0.590. The van der Waals surface area contributed by atoms with Crippen LogP contribution < -0.4 is 0 Å². The Morgan fingerprint density at radius 1 is 1.25 bits per heavy atom. The van der Waals surface area contributed by atoms with Crippen molar-refractivity contribution in [2.45, 2.75) is 65.1 Å². The maximum Gasteiger partial charge on any atom is 0.133 e. The van der Waals surface area contributed by atoms with Gasteiger partial charge in [0, 0.05) is 17.0 Å². The molecule has 0 aromatic carbocycles. The number of carbonyl (C=O) groups excluding carboxylic acids is 1. The van der Waals surface area contributed by atoms with Crippen molar-refractivity contribution in [2.24, 2.45) is 34.5 Å². The molecular formula is C19H28O. The summed E-state index contributed by atoms with van der Waals surface area (Å²) in [5.74, 6) is 2.44. The second kappa shape index (κ2) is 4.21. The minimum Gasteiger partial charge on any atom is -0.300 e. The van der Waals surface area contributed by atoms with E-state index in [1.807, 2.05) is 6.08 Å². The third-order valence-corrected chi connectivity index (χ3v) is 7.41. The average molecular weight is 275 g/mol. The van der Waals surface area contributed by atoms with E-state index in [2.05, 4.69) is 13.0 Å². The van der Waals surface area contributed by atoms with Gasteiger partial charge in [-0.1, -0.05) is 25.9 Å². The first-order valence-electron chi connectivity index (χ1n) is 9.97. The van der Waals surface area contributed by atoms with Crippen LogP contribution in [0.3, 0.4) is 0 Å².